The number of aromatic amines is 1. The van der Waals surface area contributed by atoms with E-state index in [0.717, 1.165) is 4.31 Å². The molecule has 0 bridgehead atoms. The molecule has 0 aromatic carbocycles. The van der Waals surface area contributed by atoms with Crippen LogP contribution >= 0.6 is 0 Å². The lowest BCUT2D eigenvalue weighted by atomic mass is 10.3. The van der Waals surface area contributed by atoms with E-state index in [-0.39, 0.29) is 31.1 Å². The van der Waals surface area contributed by atoms with E-state index in [4.69, 9.17) is 0 Å². The first-order valence-corrected chi connectivity index (χ1v) is 7.87. The van der Waals surface area contributed by atoms with E-state index in [9.17, 15) is 26.4 Å². The highest BCUT2D eigenvalue weighted by atomic mass is 32.2. The zero-order valence-electron chi connectivity index (χ0n) is 11.9. The second-order valence-electron chi connectivity index (χ2n) is 4.96. The van der Waals surface area contributed by atoms with Crippen molar-refractivity contribution in [1.29, 1.82) is 0 Å². The van der Waals surface area contributed by atoms with Crippen LogP contribution in [0.25, 0.3) is 0 Å². The van der Waals surface area contributed by atoms with Gasteiger partial charge in [-0.2, -0.15) is 22.6 Å². The third-order valence-electron chi connectivity index (χ3n) is 3.43. The molecule has 1 fully saturated rings. The van der Waals surface area contributed by atoms with Gasteiger partial charge in [0.2, 0.25) is 10.0 Å². The highest BCUT2D eigenvalue weighted by Gasteiger charge is 2.44. The molecule has 124 valence electrons. The van der Waals surface area contributed by atoms with Gasteiger partial charge in [0.15, 0.2) is 0 Å². The Morgan fingerprint density at radius 3 is 2.14 bits per heavy atom. The van der Waals surface area contributed by atoms with Gasteiger partial charge >= 0.3 is 12.1 Å². The number of aromatic nitrogens is 2. The van der Waals surface area contributed by atoms with Gasteiger partial charge in [0.1, 0.15) is 4.90 Å². The number of nitrogens with zero attached hydrogens (tertiary/aromatic N) is 3. The van der Waals surface area contributed by atoms with Gasteiger partial charge in [0.05, 0.1) is 11.4 Å². The summed E-state index contributed by atoms with van der Waals surface area (Å²) in [6, 6.07) is 0. The summed E-state index contributed by atoms with van der Waals surface area (Å²) in [5.41, 5.74) is 0.664. The highest BCUT2D eigenvalue weighted by molar-refractivity contribution is 7.89. The molecule has 0 saturated carbocycles. The normalized spacial score (nSPS) is 17.8. The molecule has 1 N–H and O–H groups in total. The average Bonchev–Trinajstić information content (AvgIpc) is 2.77. The summed E-state index contributed by atoms with van der Waals surface area (Å²) in [6.07, 6.45) is -4.95. The number of carbonyl (C=O) groups is 1. The number of sulfonamides is 1. The van der Waals surface area contributed by atoms with Crippen molar-refractivity contribution in [3.63, 3.8) is 0 Å². The predicted octanol–water partition coefficient (Wildman–Crippen LogP) is 0.422. The van der Waals surface area contributed by atoms with Gasteiger partial charge < -0.3 is 4.90 Å². The number of H-pyrrole nitrogens is 1. The topological polar surface area (TPSA) is 86.4 Å². The Balaban J connectivity index is 2.14. The molecule has 11 heteroatoms. The summed E-state index contributed by atoms with van der Waals surface area (Å²) in [7, 11) is -3.84. The van der Waals surface area contributed by atoms with E-state index in [0.29, 0.717) is 16.3 Å². The molecule has 2 heterocycles. The third-order valence-corrected chi connectivity index (χ3v) is 5.59. The Labute approximate surface area is 125 Å². The van der Waals surface area contributed by atoms with Crippen LogP contribution in [0.3, 0.4) is 0 Å². The van der Waals surface area contributed by atoms with Gasteiger partial charge in [-0.3, -0.25) is 9.89 Å². The molecule has 1 amide bonds. The van der Waals surface area contributed by atoms with E-state index in [1.54, 1.807) is 6.92 Å². The van der Waals surface area contributed by atoms with E-state index in [2.05, 4.69) is 10.2 Å². The summed E-state index contributed by atoms with van der Waals surface area (Å²) >= 11 is 0. The van der Waals surface area contributed by atoms with Gasteiger partial charge in [0, 0.05) is 26.2 Å². The van der Waals surface area contributed by atoms with Crippen LogP contribution in [0.1, 0.15) is 11.4 Å². The van der Waals surface area contributed by atoms with Crippen molar-refractivity contribution in [2.45, 2.75) is 24.9 Å². The van der Waals surface area contributed by atoms with Crippen molar-refractivity contribution in [3.8, 4) is 0 Å². The molecule has 0 unspecified atom stereocenters. The summed E-state index contributed by atoms with van der Waals surface area (Å²) in [5.74, 6) is -1.94. The number of nitrogens with one attached hydrogen (secondary N) is 1. The molecule has 0 radical (unpaired) electrons. The van der Waals surface area contributed by atoms with Crippen LogP contribution in [0, 0.1) is 13.8 Å². The first-order valence-electron chi connectivity index (χ1n) is 6.43. The zero-order valence-corrected chi connectivity index (χ0v) is 12.8. The number of halogens is 3. The van der Waals surface area contributed by atoms with Crippen LogP contribution in [-0.2, 0) is 14.8 Å². The van der Waals surface area contributed by atoms with Gasteiger partial charge in [-0.05, 0) is 13.8 Å². The Morgan fingerprint density at radius 2 is 1.73 bits per heavy atom. The first kappa shape index (κ1) is 16.7. The van der Waals surface area contributed by atoms with Crippen molar-refractivity contribution in [2.24, 2.45) is 0 Å². The number of amides is 1. The Hall–Kier alpha value is -1.62. The van der Waals surface area contributed by atoms with E-state index < -0.39 is 22.1 Å². The molecule has 1 aromatic heterocycles. The van der Waals surface area contributed by atoms with Crippen molar-refractivity contribution >= 4 is 15.9 Å². The molecule has 7 nitrogen and oxygen atoms in total. The number of hydrogen-bond acceptors (Lipinski definition) is 4. The van der Waals surface area contributed by atoms with Crippen LogP contribution < -0.4 is 0 Å². The number of piperazine rings is 1. The van der Waals surface area contributed by atoms with E-state index in [1.165, 1.54) is 6.92 Å². The molecule has 1 aliphatic rings. The number of alkyl halides is 3. The minimum absolute atomic E-state index is 0.0306. The largest absolute Gasteiger partial charge is 0.471 e. The number of carbonyl (C=O) groups excluding carboxylic acids is 1. The maximum Gasteiger partial charge on any atom is 0.471 e. The highest BCUT2D eigenvalue weighted by Crippen LogP contribution is 2.24. The predicted molar refractivity (Wildman–Crippen MR) is 69.5 cm³/mol. The minimum atomic E-state index is -4.95. The molecule has 22 heavy (non-hydrogen) atoms. The summed E-state index contributed by atoms with van der Waals surface area (Å²) in [6.45, 7) is 2.11. The lowest BCUT2D eigenvalue weighted by molar-refractivity contribution is -0.186. The molecule has 1 aromatic rings. The molecular weight excluding hydrogens is 325 g/mol. The maximum absolute atomic E-state index is 12.5. The summed E-state index contributed by atoms with van der Waals surface area (Å²) in [4.78, 5) is 11.8. The third kappa shape index (κ3) is 2.95. The second kappa shape index (κ2) is 5.54. The minimum Gasteiger partial charge on any atom is -0.332 e. The quantitative estimate of drug-likeness (QED) is 0.845. The van der Waals surface area contributed by atoms with Crippen molar-refractivity contribution in [2.75, 3.05) is 26.2 Å². The van der Waals surface area contributed by atoms with E-state index in [1.807, 2.05) is 0 Å². The number of hydrogen-bond donors (Lipinski definition) is 1. The van der Waals surface area contributed by atoms with Crippen molar-refractivity contribution < 1.29 is 26.4 Å². The van der Waals surface area contributed by atoms with Crippen LogP contribution in [0.2, 0.25) is 0 Å². The van der Waals surface area contributed by atoms with Crippen LogP contribution in [0.15, 0.2) is 4.90 Å². The molecule has 2 rings (SSSR count). The molecular formula is C11H15F3N4O3S. The van der Waals surface area contributed by atoms with Crippen LogP contribution in [0.4, 0.5) is 13.2 Å². The van der Waals surface area contributed by atoms with Gasteiger partial charge in [-0.25, -0.2) is 8.42 Å². The lowest BCUT2D eigenvalue weighted by Gasteiger charge is -2.34. The fourth-order valence-electron chi connectivity index (χ4n) is 2.36. The summed E-state index contributed by atoms with van der Waals surface area (Å²) in [5, 5.41) is 6.37. The summed E-state index contributed by atoms with van der Waals surface area (Å²) < 4.78 is 63.2. The first-order chi connectivity index (χ1) is 10.0. The zero-order chi connectivity index (χ0) is 16.7. The second-order valence-corrected chi connectivity index (χ2v) is 6.83. The smallest absolute Gasteiger partial charge is 0.332 e. The Morgan fingerprint density at radius 1 is 1.18 bits per heavy atom. The van der Waals surface area contributed by atoms with Crippen molar-refractivity contribution in [1.82, 2.24) is 19.4 Å². The molecule has 0 aliphatic carbocycles. The van der Waals surface area contributed by atoms with Gasteiger partial charge in [-0.1, -0.05) is 0 Å². The SMILES string of the molecule is Cc1n[nH]c(C)c1S(=O)(=O)N1CCN(C(=O)C(F)(F)F)CC1. The standard InChI is InChI=1S/C11H15F3N4O3S/c1-7-9(8(2)16-15-7)22(20,21)18-5-3-17(4-6-18)10(19)11(12,13)14/h3-6H2,1-2H3,(H,15,16). The molecule has 0 atom stereocenters. The Bertz CT molecular complexity index is 656. The monoisotopic (exact) mass is 340 g/mol. The average molecular weight is 340 g/mol. The van der Waals surface area contributed by atoms with Crippen LogP contribution in [-0.4, -0.2) is 66.1 Å². The fraction of sp³-hybridized carbons (Fsp3) is 0.636. The molecule has 1 aliphatic heterocycles. The lowest BCUT2D eigenvalue weighted by Crippen LogP contribution is -2.53. The maximum atomic E-state index is 12.5. The number of rotatable bonds is 2. The van der Waals surface area contributed by atoms with Gasteiger partial charge in [-0.15, -0.1) is 0 Å². The van der Waals surface area contributed by atoms with Crippen molar-refractivity contribution in [3.05, 3.63) is 11.4 Å². The fourth-order valence-corrected chi connectivity index (χ4v) is 4.11. The van der Waals surface area contributed by atoms with E-state index >= 15 is 0 Å². The molecule has 0 spiro atoms. The number of aryl methyl sites for hydroxylation is 2. The Kier molecular flexibility index (Phi) is 4.22. The van der Waals surface area contributed by atoms with Gasteiger partial charge in [0.25, 0.3) is 0 Å². The van der Waals surface area contributed by atoms with Crippen LogP contribution in [0.5, 0.6) is 0 Å². The molecule has 1 saturated heterocycles.